The molecule has 3 rings (SSSR count). The molecule has 7 heteroatoms. The van der Waals surface area contributed by atoms with Gasteiger partial charge in [-0.05, 0) is 30.2 Å². The van der Waals surface area contributed by atoms with Crippen molar-refractivity contribution in [1.82, 2.24) is 5.32 Å². The molecule has 1 heterocycles. The van der Waals surface area contributed by atoms with E-state index in [0.29, 0.717) is 35.8 Å². The molecule has 0 unspecified atom stereocenters. The molecule has 1 aliphatic rings. The van der Waals surface area contributed by atoms with Crippen LogP contribution in [-0.4, -0.2) is 42.0 Å². The maximum atomic E-state index is 12.5. The summed E-state index contributed by atoms with van der Waals surface area (Å²) in [6, 6.07) is 14.6. The highest BCUT2D eigenvalue weighted by atomic mass is 32.2. The van der Waals surface area contributed by atoms with Crippen molar-refractivity contribution in [1.29, 1.82) is 0 Å². The zero-order valence-corrected chi connectivity index (χ0v) is 16.0. The smallest absolute Gasteiger partial charge is 0.251 e. The third-order valence-corrected chi connectivity index (χ3v) is 5.65. The molecule has 6 nitrogen and oxygen atoms in total. The van der Waals surface area contributed by atoms with Gasteiger partial charge in [0, 0.05) is 25.8 Å². The van der Waals surface area contributed by atoms with E-state index in [-0.39, 0.29) is 17.6 Å². The zero-order chi connectivity index (χ0) is 19.2. The van der Waals surface area contributed by atoms with Crippen molar-refractivity contribution in [2.45, 2.75) is 17.9 Å². The van der Waals surface area contributed by atoms with Gasteiger partial charge >= 0.3 is 0 Å². The first-order chi connectivity index (χ1) is 13.1. The zero-order valence-electron chi connectivity index (χ0n) is 15.1. The number of carbonyl (C=O) groups excluding carboxylic acids is 2. The van der Waals surface area contributed by atoms with Crippen LogP contribution in [-0.2, 0) is 26.9 Å². The van der Waals surface area contributed by atoms with Gasteiger partial charge in [0.25, 0.3) is 5.91 Å². The normalized spacial score (nSPS) is 16.1. The van der Waals surface area contributed by atoms with Crippen molar-refractivity contribution >= 4 is 28.3 Å². The quantitative estimate of drug-likeness (QED) is 0.740. The molecule has 0 spiro atoms. The van der Waals surface area contributed by atoms with Crippen molar-refractivity contribution in [3.63, 3.8) is 0 Å². The Bertz CT molecular complexity index is 854. The fraction of sp³-hybridized carbons (Fsp3) is 0.300. The first-order valence-electron chi connectivity index (χ1n) is 8.74. The molecule has 27 heavy (non-hydrogen) atoms. The van der Waals surface area contributed by atoms with Gasteiger partial charge in [0.1, 0.15) is 5.75 Å². The maximum Gasteiger partial charge on any atom is 0.251 e. The molecule has 1 atom stereocenters. The van der Waals surface area contributed by atoms with Crippen LogP contribution in [0, 0.1) is 0 Å². The number of rotatable bonds is 7. The molecule has 0 aliphatic carbocycles. The number of nitrogens with one attached hydrogen (secondary N) is 1. The molecule has 1 N–H and O–H groups in total. The molecule has 2 aromatic rings. The molecule has 2 aromatic carbocycles. The first-order valence-corrected chi connectivity index (χ1v) is 10.1. The molecule has 1 aliphatic heterocycles. The van der Waals surface area contributed by atoms with Crippen LogP contribution < -0.4 is 10.2 Å². The van der Waals surface area contributed by atoms with E-state index in [2.05, 4.69) is 5.32 Å². The molecule has 0 aromatic heterocycles. The van der Waals surface area contributed by atoms with Gasteiger partial charge in [0.15, 0.2) is 0 Å². The summed E-state index contributed by atoms with van der Waals surface area (Å²) in [5, 5.41) is 2.83. The Labute approximate surface area is 161 Å². The summed E-state index contributed by atoms with van der Waals surface area (Å²) in [5.74, 6) is -0.470. The molecule has 142 valence electrons. The number of ether oxygens (including phenoxy) is 1. The lowest BCUT2D eigenvalue weighted by molar-refractivity contribution is -0.116. The van der Waals surface area contributed by atoms with Crippen LogP contribution in [0.3, 0.4) is 0 Å². The number of anilines is 1. The van der Waals surface area contributed by atoms with Gasteiger partial charge in [-0.15, -0.1) is 0 Å². The van der Waals surface area contributed by atoms with Crippen molar-refractivity contribution in [2.24, 2.45) is 0 Å². The first kappa shape index (κ1) is 19.3. The second-order valence-electron chi connectivity index (χ2n) is 6.24. The van der Waals surface area contributed by atoms with Crippen LogP contribution in [0.2, 0.25) is 0 Å². The van der Waals surface area contributed by atoms with Crippen LogP contribution >= 0.6 is 0 Å². The molecule has 0 fully saturated rings. The van der Waals surface area contributed by atoms with Crippen LogP contribution in [0.25, 0.3) is 0 Å². The lowest BCUT2D eigenvalue weighted by Gasteiger charge is -2.29. The minimum Gasteiger partial charge on any atom is -0.385 e. The predicted molar refractivity (Wildman–Crippen MR) is 104 cm³/mol. The minimum absolute atomic E-state index is 0.0393. The maximum absolute atomic E-state index is 12.5. The Morgan fingerprint density at radius 2 is 2.00 bits per heavy atom. The summed E-state index contributed by atoms with van der Waals surface area (Å²) in [6.07, 6.45) is 0.718. The number of benzene rings is 2. The van der Waals surface area contributed by atoms with Crippen LogP contribution in [0.5, 0.6) is 0 Å². The summed E-state index contributed by atoms with van der Waals surface area (Å²) in [7, 11) is 0.222. The van der Waals surface area contributed by atoms with Gasteiger partial charge in [-0.3, -0.25) is 13.8 Å². The summed E-state index contributed by atoms with van der Waals surface area (Å²) >= 11 is 0. The molecule has 2 amide bonds. The average molecular weight is 386 g/mol. The number of carbonyl (C=O) groups is 2. The molecule has 0 saturated carbocycles. The Balaban J connectivity index is 1.85. The standard InChI is InChI=1S/C20H22N2O4S/c1-26-11-5-10-21-20(24)16-8-9-18-17(12-16)22(19(23)14-27(18)25)13-15-6-3-2-4-7-15/h2-4,6-9,12H,5,10-11,13-14H2,1H3,(H,21,24)/t27-/m1/s1. The third-order valence-electron chi connectivity index (χ3n) is 4.31. The van der Waals surface area contributed by atoms with Gasteiger partial charge < -0.3 is 15.0 Å². The van der Waals surface area contributed by atoms with Gasteiger partial charge in [-0.1, -0.05) is 30.3 Å². The summed E-state index contributed by atoms with van der Waals surface area (Å²) < 4.78 is 17.3. The van der Waals surface area contributed by atoms with Gasteiger partial charge in [0.2, 0.25) is 5.91 Å². The molecule has 0 radical (unpaired) electrons. The van der Waals surface area contributed by atoms with Crippen molar-refractivity contribution in [3.8, 4) is 0 Å². The fourth-order valence-corrected chi connectivity index (χ4v) is 4.08. The molecular weight excluding hydrogens is 364 g/mol. The predicted octanol–water partition coefficient (Wildman–Crippen LogP) is 2.11. The van der Waals surface area contributed by atoms with Gasteiger partial charge in [0.05, 0.1) is 27.9 Å². The SMILES string of the molecule is COCCCNC(=O)c1ccc2c(c1)N(Cc1ccccc1)C(=O)C[S@]2=O. The highest BCUT2D eigenvalue weighted by molar-refractivity contribution is 7.86. The van der Waals surface area contributed by atoms with Gasteiger partial charge in [-0.25, -0.2) is 0 Å². The Kier molecular flexibility index (Phi) is 6.36. The second kappa shape index (κ2) is 8.92. The van der Waals surface area contributed by atoms with Crippen LogP contribution in [0.15, 0.2) is 53.4 Å². The molecule has 0 saturated heterocycles. The number of nitrogens with zero attached hydrogens (tertiary/aromatic N) is 1. The Morgan fingerprint density at radius 3 is 2.74 bits per heavy atom. The average Bonchev–Trinajstić information content (AvgIpc) is 2.68. The van der Waals surface area contributed by atoms with E-state index in [9.17, 15) is 13.8 Å². The van der Waals surface area contributed by atoms with Crippen LogP contribution in [0.1, 0.15) is 22.3 Å². The van der Waals surface area contributed by atoms with E-state index in [1.807, 2.05) is 30.3 Å². The summed E-state index contributed by atoms with van der Waals surface area (Å²) in [4.78, 5) is 27.1. The largest absolute Gasteiger partial charge is 0.385 e. The summed E-state index contributed by atoms with van der Waals surface area (Å²) in [5.41, 5.74) is 1.95. The lowest BCUT2D eigenvalue weighted by Crippen LogP contribution is -2.38. The third kappa shape index (κ3) is 4.61. The molecular formula is C20H22N2O4S. The Hall–Kier alpha value is -2.51. The van der Waals surface area contributed by atoms with E-state index < -0.39 is 10.8 Å². The minimum atomic E-state index is -1.39. The van der Waals surface area contributed by atoms with Crippen molar-refractivity contribution in [3.05, 3.63) is 59.7 Å². The van der Waals surface area contributed by atoms with Gasteiger partial charge in [-0.2, -0.15) is 0 Å². The van der Waals surface area contributed by atoms with Crippen molar-refractivity contribution in [2.75, 3.05) is 30.9 Å². The van der Waals surface area contributed by atoms with E-state index in [1.54, 1.807) is 30.2 Å². The Morgan fingerprint density at radius 1 is 1.22 bits per heavy atom. The lowest BCUT2D eigenvalue weighted by atomic mass is 10.1. The fourth-order valence-electron chi connectivity index (χ4n) is 2.92. The van der Waals surface area contributed by atoms with E-state index in [1.165, 1.54) is 0 Å². The van der Waals surface area contributed by atoms with E-state index in [0.717, 1.165) is 12.0 Å². The number of methoxy groups -OCH3 is 1. The number of hydrogen-bond donors (Lipinski definition) is 1. The monoisotopic (exact) mass is 386 g/mol. The highest BCUT2D eigenvalue weighted by Crippen LogP contribution is 2.31. The topological polar surface area (TPSA) is 75.7 Å². The van der Waals surface area contributed by atoms with Crippen LogP contribution in [0.4, 0.5) is 5.69 Å². The second-order valence-corrected chi connectivity index (χ2v) is 7.66. The van der Waals surface area contributed by atoms with E-state index >= 15 is 0 Å². The highest BCUT2D eigenvalue weighted by Gasteiger charge is 2.30. The number of amides is 2. The van der Waals surface area contributed by atoms with Crippen molar-refractivity contribution < 1.29 is 18.5 Å². The van der Waals surface area contributed by atoms with E-state index in [4.69, 9.17) is 4.74 Å². The number of fused-ring (bicyclic) bond motifs is 1. The number of hydrogen-bond acceptors (Lipinski definition) is 4. The summed E-state index contributed by atoms with van der Waals surface area (Å²) in [6.45, 7) is 1.45. The molecule has 0 bridgehead atoms.